The van der Waals surface area contributed by atoms with Crippen LogP contribution in [0.3, 0.4) is 0 Å². The summed E-state index contributed by atoms with van der Waals surface area (Å²) in [5, 5.41) is 8.75. The summed E-state index contributed by atoms with van der Waals surface area (Å²) in [7, 11) is 0. The lowest BCUT2D eigenvalue weighted by molar-refractivity contribution is -0.147. The number of carboxylic acids is 1. The Morgan fingerprint density at radius 2 is 2.27 bits per heavy atom. The van der Waals surface area contributed by atoms with Crippen LogP contribution in [0.25, 0.3) is 0 Å². The van der Waals surface area contributed by atoms with Crippen LogP contribution in [-0.2, 0) is 9.59 Å². The summed E-state index contributed by atoms with van der Waals surface area (Å²) in [5.41, 5.74) is 6.39. The van der Waals surface area contributed by atoms with Crippen molar-refractivity contribution in [3.05, 3.63) is 11.3 Å². The van der Waals surface area contributed by atoms with Gasteiger partial charge in [-0.2, -0.15) is 0 Å². The van der Waals surface area contributed by atoms with Gasteiger partial charge in [-0.15, -0.1) is 24.2 Å². The Kier molecular flexibility index (Phi) is 3.32. The molecule has 3 N–H and O–H groups in total. The summed E-state index contributed by atoms with van der Waals surface area (Å²) in [4.78, 5) is 23.5. The van der Waals surface area contributed by atoms with Gasteiger partial charge in [0.15, 0.2) is 0 Å². The molecule has 0 unspecified atom stereocenters. The molecule has 0 spiro atoms. The summed E-state index contributed by atoms with van der Waals surface area (Å²) in [5.74, 6) is -0.712. The minimum Gasteiger partial charge on any atom is -0.477 e. The number of β-lactam (4-membered cyclic amide) rings is 1. The minimum atomic E-state index is -1.05. The summed E-state index contributed by atoms with van der Waals surface area (Å²) < 4.78 is 0. The third-order valence-electron chi connectivity index (χ3n) is 2.40. The second-order valence-electron chi connectivity index (χ2n) is 3.37. The van der Waals surface area contributed by atoms with Crippen LogP contribution in [-0.4, -0.2) is 39.1 Å². The molecule has 2 rings (SSSR count). The van der Waals surface area contributed by atoms with Crippen molar-refractivity contribution in [1.82, 2.24) is 4.90 Å². The Hall–Kier alpha value is -0.720. The average molecular weight is 251 g/mol. The van der Waals surface area contributed by atoms with Crippen molar-refractivity contribution in [1.29, 1.82) is 0 Å². The summed E-state index contributed by atoms with van der Waals surface area (Å²) >= 11 is 1.51. The number of carbonyl (C=O) groups excluding carboxylic acids is 1. The lowest BCUT2D eigenvalue weighted by Crippen LogP contribution is -2.68. The molecule has 5 nitrogen and oxygen atoms in total. The van der Waals surface area contributed by atoms with E-state index in [9.17, 15) is 9.59 Å². The van der Waals surface area contributed by atoms with E-state index in [1.54, 1.807) is 6.92 Å². The van der Waals surface area contributed by atoms with Crippen LogP contribution < -0.4 is 5.73 Å². The number of nitrogens with two attached hydrogens (primary N) is 1. The first-order valence-electron chi connectivity index (χ1n) is 4.17. The highest BCUT2D eigenvalue weighted by Gasteiger charge is 2.51. The van der Waals surface area contributed by atoms with Crippen molar-refractivity contribution < 1.29 is 14.7 Å². The van der Waals surface area contributed by atoms with Gasteiger partial charge in [0.25, 0.3) is 0 Å². The van der Waals surface area contributed by atoms with E-state index >= 15 is 0 Å². The maximum Gasteiger partial charge on any atom is 0.352 e. The Morgan fingerprint density at radius 1 is 1.67 bits per heavy atom. The maximum absolute atomic E-state index is 11.3. The second kappa shape index (κ2) is 4.03. The van der Waals surface area contributed by atoms with Crippen molar-refractivity contribution >= 4 is 36.0 Å². The van der Waals surface area contributed by atoms with Gasteiger partial charge in [-0.3, -0.25) is 9.69 Å². The van der Waals surface area contributed by atoms with E-state index < -0.39 is 12.0 Å². The molecule has 0 aliphatic carbocycles. The van der Waals surface area contributed by atoms with Crippen LogP contribution in [0.1, 0.15) is 6.92 Å². The predicted octanol–water partition coefficient (Wildman–Crippen LogP) is 0.00920. The fourth-order valence-electron chi connectivity index (χ4n) is 1.67. The average Bonchev–Trinajstić information content (AvgIpc) is 2.15. The van der Waals surface area contributed by atoms with Gasteiger partial charge < -0.3 is 10.8 Å². The normalized spacial score (nSPS) is 29.2. The molecule has 0 bridgehead atoms. The quantitative estimate of drug-likeness (QED) is 0.641. The van der Waals surface area contributed by atoms with E-state index in [0.717, 1.165) is 5.57 Å². The Labute approximate surface area is 97.1 Å². The predicted molar refractivity (Wildman–Crippen MR) is 58.7 cm³/mol. The van der Waals surface area contributed by atoms with Gasteiger partial charge in [-0.1, -0.05) is 0 Å². The molecule has 1 fully saturated rings. The maximum atomic E-state index is 11.3. The molecular formula is C8H11ClN2O3S. The zero-order chi connectivity index (χ0) is 10.5. The number of rotatable bonds is 1. The molecule has 1 saturated heterocycles. The Balaban J connectivity index is 0.00000112. The molecule has 0 radical (unpaired) electrons. The highest BCUT2D eigenvalue weighted by Crippen LogP contribution is 2.38. The third-order valence-corrected chi connectivity index (χ3v) is 3.85. The molecule has 7 heteroatoms. The van der Waals surface area contributed by atoms with E-state index in [4.69, 9.17) is 10.8 Å². The molecular weight excluding hydrogens is 240 g/mol. The van der Waals surface area contributed by atoms with Crippen LogP contribution in [0, 0.1) is 0 Å². The van der Waals surface area contributed by atoms with Crippen LogP contribution in [0.15, 0.2) is 11.3 Å². The van der Waals surface area contributed by atoms with E-state index in [1.807, 2.05) is 0 Å². The van der Waals surface area contributed by atoms with E-state index in [1.165, 1.54) is 16.7 Å². The van der Waals surface area contributed by atoms with Gasteiger partial charge in [0.2, 0.25) is 5.91 Å². The van der Waals surface area contributed by atoms with E-state index in [2.05, 4.69) is 0 Å². The smallest absolute Gasteiger partial charge is 0.352 e. The monoisotopic (exact) mass is 250 g/mol. The fourth-order valence-corrected chi connectivity index (χ4v) is 2.91. The number of fused-ring (bicyclic) bond motifs is 1. The molecule has 2 aliphatic rings. The first-order chi connectivity index (χ1) is 6.54. The topological polar surface area (TPSA) is 83.6 Å². The standard InChI is InChI=1S/C8H10N2O3S.ClH/c1-3-2-14-7-4(9)6(11)10(7)5(3)8(12)13;/h4,7H,2,9H2,1H3,(H,12,13);1H/t4-,7-;/m1./s1. The highest BCUT2D eigenvalue weighted by atomic mass is 35.5. The number of carbonyl (C=O) groups is 2. The lowest BCUT2D eigenvalue weighted by Gasteiger charge is -2.47. The van der Waals surface area contributed by atoms with Crippen LogP contribution >= 0.6 is 24.2 Å². The number of carboxylic acid groups (broad SMARTS) is 1. The Morgan fingerprint density at radius 3 is 2.80 bits per heavy atom. The van der Waals surface area contributed by atoms with Crippen molar-refractivity contribution in [3.63, 3.8) is 0 Å². The largest absolute Gasteiger partial charge is 0.477 e. The number of amides is 1. The Bertz CT molecular complexity index is 358. The molecule has 2 heterocycles. The molecule has 1 amide bonds. The summed E-state index contributed by atoms with van der Waals surface area (Å²) in [6, 6.07) is -0.539. The lowest BCUT2D eigenvalue weighted by atomic mass is 10.0. The molecule has 0 aromatic carbocycles. The number of halogens is 1. The van der Waals surface area contributed by atoms with Crippen LogP contribution in [0.4, 0.5) is 0 Å². The van der Waals surface area contributed by atoms with Crippen molar-refractivity contribution in [3.8, 4) is 0 Å². The van der Waals surface area contributed by atoms with Gasteiger partial charge in [0.05, 0.1) is 0 Å². The summed E-state index contributed by atoms with van der Waals surface area (Å²) in [6.07, 6.45) is 0. The third kappa shape index (κ3) is 1.62. The van der Waals surface area contributed by atoms with Gasteiger partial charge in [-0.25, -0.2) is 4.79 Å². The van der Waals surface area contributed by atoms with Crippen LogP contribution in [0.2, 0.25) is 0 Å². The molecule has 2 atom stereocenters. The fraction of sp³-hybridized carbons (Fsp3) is 0.500. The molecule has 84 valence electrons. The van der Waals surface area contributed by atoms with Crippen molar-refractivity contribution in [2.45, 2.75) is 18.3 Å². The van der Waals surface area contributed by atoms with E-state index in [-0.39, 0.29) is 29.4 Å². The first kappa shape index (κ1) is 12.4. The zero-order valence-corrected chi connectivity index (χ0v) is 9.60. The van der Waals surface area contributed by atoms with Gasteiger partial charge >= 0.3 is 5.97 Å². The SMILES string of the molecule is CC1=C(C(=O)O)N2C(=O)[C@@H](N)[C@H]2SC1.Cl. The molecule has 15 heavy (non-hydrogen) atoms. The first-order valence-corrected chi connectivity index (χ1v) is 5.22. The molecule has 0 aromatic heterocycles. The number of nitrogens with zero attached hydrogens (tertiary/aromatic N) is 1. The second-order valence-corrected chi connectivity index (χ2v) is 4.47. The molecule has 0 aromatic rings. The minimum absolute atomic E-state index is 0. The van der Waals surface area contributed by atoms with Gasteiger partial charge in [-0.05, 0) is 12.5 Å². The van der Waals surface area contributed by atoms with Gasteiger partial charge in [0, 0.05) is 5.75 Å². The van der Waals surface area contributed by atoms with Crippen molar-refractivity contribution in [2.24, 2.45) is 5.73 Å². The highest BCUT2D eigenvalue weighted by molar-refractivity contribution is 8.00. The molecule has 2 aliphatic heterocycles. The number of thioether (sulfide) groups is 1. The number of hydrogen-bond acceptors (Lipinski definition) is 4. The zero-order valence-electron chi connectivity index (χ0n) is 7.97. The van der Waals surface area contributed by atoms with Crippen LogP contribution in [0.5, 0.6) is 0 Å². The number of aliphatic carboxylic acids is 1. The van der Waals surface area contributed by atoms with E-state index in [0.29, 0.717) is 5.75 Å². The number of hydrogen-bond donors (Lipinski definition) is 2. The van der Waals surface area contributed by atoms with Gasteiger partial charge in [0.1, 0.15) is 17.1 Å². The molecule has 0 saturated carbocycles. The summed E-state index contributed by atoms with van der Waals surface area (Å²) in [6.45, 7) is 1.73. The van der Waals surface area contributed by atoms with Crippen molar-refractivity contribution in [2.75, 3.05) is 5.75 Å².